The molecule has 0 N–H and O–H groups in total. The average molecular weight is 984 g/mol. The van der Waals surface area contributed by atoms with Crippen LogP contribution in [0.2, 0.25) is 0 Å². The van der Waals surface area contributed by atoms with Gasteiger partial charge in [-0.05, 0) is 81.4 Å². The fourth-order valence-corrected chi connectivity index (χ4v) is 18.2. The van der Waals surface area contributed by atoms with E-state index in [0.717, 1.165) is 61.5 Å². The number of aromatic nitrogens is 5. The Morgan fingerprint density at radius 3 is 1.32 bits per heavy atom. The summed E-state index contributed by atoms with van der Waals surface area (Å²) in [5.74, 6) is 0.653. The molecule has 11 aromatic carbocycles. The molecule has 0 fully saturated rings. The van der Waals surface area contributed by atoms with Crippen LogP contribution in [-0.2, 0) is 0 Å². The lowest BCUT2D eigenvalue weighted by Gasteiger charge is -2.40. The number of benzene rings is 11. The minimum absolute atomic E-state index is 0.653. The molecule has 0 spiro atoms. The molecular weight excluding hydrogens is 939 g/mol. The molecule has 1 aliphatic heterocycles. The van der Waals surface area contributed by atoms with E-state index < -0.39 is 8.07 Å². The lowest BCUT2D eigenvalue weighted by Crippen LogP contribution is -2.76. The monoisotopic (exact) mass is 983 g/mol. The molecule has 5 nitrogen and oxygen atoms in total. The van der Waals surface area contributed by atoms with Crippen LogP contribution in [0, 0.1) is 0 Å². The summed E-state index contributed by atoms with van der Waals surface area (Å²) in [6, 6.07) is 100. The first-order chi connectivity index (χ1) is 37.7. The Bertz CT molecular complexity index is 4570. The average Bonchev–Trinajstić information content (AvgIpc) is 4.16. The molecule has 0 amide bonds. The maximum absolute atomic E-state index is 5.73. The van der Waals surface area contributed by atoms with Crippen molar-refractivity contribution in [1.29, 1.82) is 0 Å². The Labute approximate surface area is 439 Å². The van der Waals surface area contributed by atoms with Gasteiger partial charge in [0.05, 0.1) is 55.9 Å². The molecule has 0 bridgehead atoms. The molecule has 354 valence electrons. The predicted molar refractivity (Wildman–Crippen MR) is 319 cm³/mol. The minimum atomic E-state index is -3.05. The van der Waals surface area contributed by atoms with Gasteiger partial charge in [0, 0.05) is 54.7 Å². The van der Waals surface area contributed by atoms with Crippen molar-refractivity contribution in [2.24, 2.45) is 0 Å². The van der Waals surface area contributed by atoms with Gasteiger partial charge in [-0.25, -0.2) is 9.97 Å². The highest BCUT2D eigenvalue weighted by Crippen LogP contribution is 2.41. The van der Waals surface area contributed by atoms with Crippen LogP contribution in [0.25, 0.3) is 116 Å². The van der Waals surface area contributed by atoms with E-state index in [0.29, 0.717) is 5.82 Å². The second kappa shape index (κ2) is 16.6. The maximum atomic E-state index is 5.73. The Morgan fingerprint density at radius 2 is 0.697 bits per heavy atom. The van der Waals surface area contributed by atoms with Gasteiger partial charge in [0.2, 0.25) is 0 Å². The largest absolute Gasteiger partial charge is 0.309 e. The van der Waals surface area contributed by atoms with Crippen molar-refractivity contribution >= 4 is 94.2 Å². The molecular formula is C70H45N5Si. The topological polar surface area (TPSA) is 40.6 Å². The molecule has 0 saturated heterocycles. The van der Waals surface area contributed by atoms with E-state index in [9.17, 15) is 0 Å². The van der Waals surface area contributed by atoms with Crippen molar-refractivity contribution in [3.63, 3.8) is 0 Å². The zero-order valence-corrected chi connectivity index (χ0v) is 42.2. The quantitative estimate of drug-likeness (QED) is 0.149. The summed E-state index contributed by atoms with van der Waals surface area (Å²) >= 11 is 0. The summed E-state index contributed by atoms with van der Waals surface area (Å²) in [5.41, 5.74) is 15.1. The lowest BCUT2D eigenvalue weighted by molar-refractivity contribution is 1.13. The molecule has 0 aliphatic carbocycles. The van der Waals surface area contributed by atoms with Gasteiger partial charge in [-0.1, -0.05) is 212 Å². The maximum Gasteiger partial charge on any atom is 0.184 e. The number of nitrogens with zero attached hydrogens (tertiary/aromatic N) is 5. The van der Waals surface area contributed by atoms with Gasteiger partial charge in [-0.3, -0.25) is 0 Å². The van der Waals surface area contributed by atoms with Crippen molar-refractivity contribution in [2.75, 3.05) is 0 Å². The van der Waals surface area contributed by atoms with E-state index in [4.69, 9.17) is 9.97 Å². The Kier molecular flexibility index (Phi) is 9.29. The first-order valence-corrected chi connectivity index (χ1v) is 28.1. The van der Waals surface area contributed by atoms with E-state index in [1.807, 2.05) is 0 Å². The van der Waals surface area contributed by atoms with E-state index in [-0.39, 0.29) is 0 Å². The van der Waals surface area contributed by atoms with Crippen LogP contribution in [0.5, 0.6) is 0 Å². The van der Waals surface area contributed by atoms with Crippen LogP contribution in [0.4, 0.5) is 0 Å². The molecule has 6 heteroatoms. The Balaban J connectivity index is 0.980. The smallest absolute Gasteiger partial charge is 0.184 e. The third-order valence-electron chi connectivity index (χ3n) is 16.1. The van der Waals surface area contributed by atoms with Crippen LogP contribution < -0.4 is 20.7 Å². The van der Waals surface area contributed by atoms with Crippen molar-refractivity contribution in [2.45, 2.75) is 0 Å². The fourth-order valence-electron chi connectivity index (χ4n) is 13.1. The van der Waals surface area contributed by atoms with E-state index >= 15 is 0 Å². The molecule has 5 heterocycles. The molecule has 76 heavy (non-hydrogen) atoms. The van der Waals surface area contributed by atoms with Gasteiger partial charge in [0.15, 0.2) is 13.9 Å². The second-order valence-corrected chi connectivity index (χ2v) is 23.7. The van der Waals surface area contributed by atoms with Gasteiger partial charge < -0.3 is 13.7 Å². The Morgan fingerprint density at radius 1 is 0.276 bits per heavy atom. The molecule has 1 aliphatic rings. The van der Waals surface area contributed by atoms with E-state index in [2.05, 4.69) is 287 Å². The third kappa shape index (κ3) is 6.01. The zero-order valence-electron chi connectivity index (χ0n) is 41.2. The van der Waals surface area contributed by atoms with Crippen molar-refractivity contribution < 1.29 is 0 Å². The first-order valence-electron chi connectivity index (χ1n) is 26.1. The number of hydrogen-bond donors (Lipinski definition) is 0. The summed E-state index contributed by atoms with van der Waals surface area (Å²) in [4.78, 5) is 11.4. The van der Waals surface area contributed by atoms with Crippen LogP contribution in [-0.4, -0.2) is 31.7 Å². The molecule has 1 atom stereocenters. The highest BCUT2D eigenvalue weighted by Gasteiger charge is 2.47. The lowest BCUT2D eigenvalue weighted by atomic mass is 10.0. The highest BCUT2D eigenvalue weighted by atomic mass is 28.3. The summed E-state index contributed by atoms with van der Waals surface area (Å²) in [6.45, 7) is 0. The van der Waals surface area contributed by atoms with E-state index in [1.165, 1.54) is 69.8 Å². The molecule has 15 aromatic rings. The SMILES string of the molecule is c1ccc([Si]2(c3cccc(-c4cc(-c5ccccc5-n5c6ccccc6c6ccccc65)nc(-c5ccccc5-n5c6ccccc6c6ccccc65)n4)c3)c3ccccc3-n3c4ccccc4c4cccc2c43)cc1. The van der Waals surface area contributed by atoms with Crippen LogP contribution in [0.15, 0.2) is 273 Å². The summed E-state index contributed by atoms with van der Waals surface area (Å²) in [7, 11) is -3.05. The molecule has 16 rings (SSSR count). The minimum Gasteiger partial charge on any atom is -0.309 e. The number of para-hydroxylation sites is 9. The van der Waals surface area contributed by atoms with Crippen LogP contribution in [0.3, 0.4) is 0 Å². The number of rotatable bonds is 7. The second-order valence-electron chi connectivity index (χ2n) is 20.0. The summed E-state index contributed by atoms with van der Waals surface area (Å²) in [6.07, 6.45) is 0. The van der Waals surface area contributed by atoms with Gasteiger partial charge in [-0.2, -0.15) is 0 Å². The van der Waals surface area contributed by atoms with Crippen molar-refractivity contribution in [3.05, 3.63) is 273 Å². The van der Waals surface area contributed by atoms with Crippen molar-refractivity contribution in [1.82, 2.24) is 23.7 Å². The van der Waals surface area contributed by atoms with Crippen LogP contribution in [0.1, 0.15) is 0 Å². The normalized spacial score (nSPS) is 14.1. The fraction of sp³-hybridized carbons (Fsp3) is 0. The van der Waals surface area contributed by atoms with Gasteiger partial charge in [0.1, 0.15) is 0 Å². The van der Waals surface area contributed by atoms with Gasteiger partial charge in [0.25, 0.3) is 0 Å². The van der Waals surface area contributed by atoms with Gasteiger partial charge >= 0.3 is 0 Å². The van der Waals surface area contributed by atoms with Crippen LogP contribution >= 0.6 is 0 Å². The number of hydrogen-bond acceptors (Lipinski definition) is 2. The molecule has 0 saturated carbocycles. The molecule has 4 aromatic heterocycles. The Hall–Kier alpha value is -9.88. The van der Waals surface area contributed by atoms with Crippen molar-refractivity contribution in [3.8, 4) is 51.0 Å². The zero-order chi connectivity index (χ0) is 49.9. The molecule has 1 unspecified atom stereocenters. The summed E-state index contributed by atoms with van der Waals surface area (Å²) < 4.78 is 7.32. The highest BCUT2D eigenvalue weighted by molar-refractivity contribution is 7.21. The van der Waals surface area contributed by atoms with Gasteiger partial charge in [-0.15, -0.1) is 0 Å². The van der Waals surface area contributed by atoms with E-state index in [1.54, 1.807) is 0 Å². The first kappa shape index (κ1) is 42.6. The predicted octanol–water partition coefficient (Wildman–Crippen LogP) is 14.5. The standard InChI is InChI=1S/C70H45N5Si/c1-2-23-47(24-3-1)76(67-42-19-18-41-66(67)75-63-38-15-8-30-53(63)54-33-21-43-68(76)69(54)75)48-25-20-22-46(44-48)57-45-58(55-31-9-16-39-64(55)73-59-34-11-4-26-49(59)50-27-5-12-35-60(50)73)72-70(71-57)56-32-10-17-40-65(56)74-61-36-13-6-28-51(61)52-29-7-14-37-62(52)74/h1-45H. The summed E-state index contributed by atoms with van der Waals surface area (Å²) in [5, 5.41) is 12.8. The number of fused-ring (bicyclic) bond motifs is 11. The molecule has 0 radical (unpaired) electrons. The third-order valence-corrected chi connectivity index (χ3v) is 21.0.